The second kappa shape index (κ2) is 11.0. The summed E-state index contributed by atoms with van der Waals surface area (Å²) >= 11 is 0. The fourth-order valence-corrected chi connectivity index (χ4v) is 9.57. The predicted molar refractivity (Wildman–Crippen MR) is 141 cm³/mol. The summed E-state index contributed by atoms with van der Waals surface area (Å²) in [7, 11) is -7.27. The van der Waals surface area contributed by atoms with Crippen molar-refractivity contribution in [2.24, 2.45) is 0 Å². The van der Waals surface area contributed by atoms with Gasteiger partial charge in [0.15, 0.2) is 0 Å². The van der Waals surface area contributed by atoms with Crippen molar-refractivity contribution >= 4 is 28.8 Å². The highest BCUT2D eigenvalue weighted by Crippen LogP contribution is 2.37. The minimum atomic E-state index is -4.13. The van der Waals surface area contributed by atoms with Gasteiger partial charge in [0.1, 0.15) is 0 Å². The predicted octanol–water partition coefficient (Wildman–Crippen LogP) is 5.92. The maximum Gasteiger partial charge on any atom is 0.322 e. The van der Waals surface area contributed by atoms with E-state index in [2.05, 4.69) is 27.7 Å². The Hall–Kier alpha value is -2.25. The fourth-order valence-electron chi connectivity index (χ4n) is 4.37. The van der Waals surface area contributed by atoms with Crippen molar-refractivity contribution in [3.05, 3.63) is 90.0 Å². The SMILES string of the molecule is CCCCCc1cc(S(=O)(=O)OO[Si](c2ccccc2)(c2ccccc2)C(C)(C)C)ccc1C. The lowest BCUT2D eigenvalue weighted by atomic mass is 10.0. The molecule has 0 spiro atoms. The second-order valence-electron chi connectivity index (χ2n) is 9.81. The molecule has 0 aliphatic rings. The maximum absolute atomic E-state index is 13.3. The van der Waals surface area contributed by atoms with Gasteiger partial charge in [-0.05, 0) is 58.4 Å². The van der Waals surface area contributed by atoms with Gasteiger partial charge in [-0.25, -0.2) is 0 Å². The summed E-state index contributed by atoms with van der Waals surface area (Å²) in [6, 6.07) is 24.9. The lowest BCUT2D eigenvalue weighted by Gasteiger charge is -2.40. The van der Waals surface area contributed by atoms with Gasteiger partial charge < -0.3 is 0 Å². The van der Waals surface area contributed by atoms with Crippen molar-refractivity contribution in [1.82, 2.24) is 0 Å². The molecule has 0 bridgehead atoms. The van der Waals surface area contributed by atoms with Gasteiger partial charge in [0.2, 0.25) is 0 Å². The Morgan fingerprint density at radius 3 is 1.88 bits per heavy atom. The number of hydrogen-bond donors (Lipinski definition) is 0. The molecule has 0 aliphatic carbocycles. The number of rotatable bonds is 10. The summed E-state index contributed by atoms with van der Waals surface area (Å²) in [5, 5.41) is 1.50. The van der Waals surface area contributed by atoms with E-state index in [-0.39, 0.29) is 4.90 Å². The summed E-state index contributed by atoms with van der Waals surface area (Å²) in [6.45, 7) is 10.4. The largest absolute Gasteiger partial charge is 0.322 e. The zero-order valence-electron chi connectivity index (χ0n) is 20.9. The summed E-state index contributed by atoms with van der Waals surface area (Å²) in [5.41, 5.74) is 2.12. The molecule has 0 amide bonds. The van der Waals surface area contributed by atoms with Crippen molar-refractivity contribution < 1.29 is 17.3 Å². The topological polar surface area (TPSA) is 52.6 Å². The van der Waals surface area contributed by atoms with Crippen LogP contribution in [0.25, 0.3) is 0 Å². The summed E-state index contributed by atoms with van der Waals surface area (Å²) < 4.78 is 38.3. The van der Waals surface area contributed by atoms with Gasteiger partial charge in [-0.1, -0.05) is 107 Å². The average molecular weight is 497 g/mol. The van der Waals surface area contributed by atoms with E-state index in [4.69, 9.17) is 8.91 Å². The average Bonchev–Trinajstić information content (AvgIpc) is 2.81. The van der Waals surface area contributed by atoms with E-state index < -0.39 is 23.5 Å². The second-order valence-corrected chi connectivity index (χ2v) is 15.5. The van der Waals surface area contributed by atoms with Crippen LogP contribution < -0.4 is 10.4 Å². The van der Waals surface area contributed by atoms with Gasteiger partial charge in [0.25, 0.3) is 0 Å². The molecule has 34 heavy (non-hydrogen) atoms. The molecule has 0 saturated carbocycles. The Bertz CT molecular complexity index is 1130. The number of hydrogen-bond acceptors (Lipinski definition) is 4. The van der Waals surface area contributed by atoms with Crippen LogP contribution in [0.2, 0.25) is 5.04 Å². The number of unbranched alkanes of at least 4 members (excludes halogenated alkanes) is 2. The molecule has 0 unspecified atom stereocenters. The molecule has 3 aromatic rings. The van der Waals surface area contributed by atoms with Gasteiger partial charge in [-0.3, -0.25) is 4.58 Å². The van der Waals surface area contributed by atoms with Crippen LogP contribution in [0.5, 0.6) is 0 Å². The first kappa shape index (κ1) is 26.4. The van der Waals surface area contributed by atoms with E-state index in [1.54, 1.807) is 12.1 Å². The fraction of sp³-hybridized carbons (Fsp3) is 0.357. The smallest absolute Gasteiger partial charge is 0.258 e. The van der Waals surface area contributed by atoms with E-state index in [1.165, 1.54) is 0 Å². The summed E-state index contributed by atoms with van der Waals surface area (Å²) in [5.74, 6) is 0. The number of benzene rings is 3. The lowest BCUT2D eigenvalue weighted by Crippen LogP contribution is -2.66. The molecule has 6 heteroatoms. The molecule has 0 aliphatic heterocycles. The molecule has 0 heterocycles. The maximum atomic E-state index is 13.3. The van der Waals surface area contributed by atoms with Crippen LogP contribution in [0.15, 0.2) is 83.8 Å². The third-order valence-electron chi connectivity index (χ3n) is 6.32. The number of aryl methyl sites for hydroxylation is 2. The van der Waals surface area contributed by atoms with Crippen molar-refractivity contribution in [2.75, 3.05) is 0 Å². The third kappa shape index (κ3) is 5.69. The summed E-state index contributed by atoms with van der Waals surface area (Å²) in [6.07, 6.45) is 4.11. The molecule has 0 radical (unpaired) electrons. The summed E-state index contributed by atoms with van der Waals surface area (Å²) in [4.78, 5) is 0.127. The molecule has 0 aromatic heterocycles. The first-order chi connectivity index (χ1) is 16.1. The minimum absolute atomic E-state index is 0.127. The Morgan fingerprint density at radius 2 is 1.38 bits per heavy atom. The highest BCUT2D eigenvalue weighted by molar-refractivity contribution is 7.86. The van der Waals surface area contributed by atoms with Gasteiger partial charge in [-0.15, -0.1) is 4.33 Å². The molecule has 0 atom stereocenters. The minimum Gasteiger partial charge on any atom is -0.258 e. The van der Waals surface area contributed by atoms with Crippen LogP contribution >= 0.6 is 0 Å². The standard InChI is InChI=1S/C28H36O4SSi/c1-6-7-10-15-24-22-25(21-20-23(24)2)33(29,30)31-32-34(28(3,4)5,26-16-11-8-12-17-26)27-18-13-9-14-19-27/h8-9,11-14,16-22H,6-7,10,15H2,1-5H3. The zero-order valence-corrected chi connectivity index (χ0v) is 22.7. The Labute approximate surface area is 206 Å². The van der Waals surface area contributed by atoms with Crippen LogP contribution in [-0.4, -0.2) is 16.7 Å². The molecule has 0 N–H and O–H groups in total. The molecular formula is C28H36O4SSi. The van der Waals surface area contributed by atoms with Crippen LogP contribution in [-0.2, 0) is 25.4 Å². The lowest BCUT2D eigenvalue weighted by molar-refractivity contribution is -0.105. The molecule has 3 rings (SSSR count). The van der Waals surface area contributed by atoms with Gasteiger partial charge >= 0.3 is 18.4 Å². The van der Waals surface area contributed by atoms with E-state index in [9.17, 15) is 8.42 Å². The zero-order chi connectivity index (χ0) is 24.8. The third-order valence-corrected chi connectivity index (χ3v) is 12.3. The molecule has 3 aromatic carbocycles. The van der Waals surface area contributed by atoms with Gasteiger partial charge in [-0.2, -0.15) is 8.42 Å². The van der Waals surface area contributed by atoms with E-state index in [1.807, 2.05) is 73.7 Å². The quantitative estimate of drug-likeness (QED) is 0.151. The molecule has 182 valence electrons. The van der Waals surface area contributed by atoms with Crippen LogP contribution in [0.4, 0.5) is 0 Å². The first-order valence-corrected chi connectivity index (χ1v) is 15.3. The van der Waals surface area contributed by atoms with Crippen molar-refractivity contribution in [1.29, 1.82) is 0 Å². The van der Waals surface area contributed by atoms with E-state index in [0.29, 0.717) is 0 Å². The van der Waals surface area contributed by atoms with E-state index in [0.717, 1.165) is 47.2 Å². The van der Waals surface area contributed by atoms with Gasteiger partial charge in [0.05, 0.1) is 4.90 Å². The van der Waals surface area contributed by atoms with Crippen LogP contribution in [0.1, 0.15) is 58.1 Å². The van der Waals surface area contributed by atoms with Crippen LogP contribution in [0, 0.1) is 6.92 Å². The monoisotopic (exact) mass is 496 g/mol. The molecule has 4 nitrogen and oxygen atoms in total. The first-order valence-electron chi connectivity index (χ1n) is 11.9. The highest BCUT2D eigenvalue weighted by atomic mass is 32.2. The highest BCUT2D eigenvalue weighted by Gasteiger charge is 2.53. The molecule has 0 saturated heterocycles. The van der Waals surface area contributed by atoms with Crippen LogP contribution in [0.3, 0.4) is 0 Å². The van der Waals surface area contributed by atoms with Gasteiger partial charge in [0, 0.05) is 0 Å². The molecule has 0 fully saturated rings. The normalized spacial score (nSPS) is 12.6. The molecular weight excluding hydrogens is 460 g/mol. The van der Waals surface area contributed by atoms with Crippen molar-refractivity contribution in [3.8, 4) is 0 Å². The van der Waals surface area contributed by atoms with Crippen molar-refractivity contribution in [2.45, 2.75) is 70.2 Å². The Balaban J connectivity index is 2.01. The van der Waals surface area contributed by atoms with Crippen molar-refractivity contribution in [3.63, 3.8) is 0 Å². The Morgan fingerprint density at radius 1 is 0.824 bits per heavy atom. The van der Waals surface area contributed by atoms with E-state index >= 15 is 0 Å². The Kier molecular flexibility index (Phi) is 8.52.